The Morgan fingerprint density at radius 3 is 2.44 bits per heavy atom. The number of esters is 1. The standard InChI is InChI=1S/C20H29F3N2O6Si/c1-12-10-25(18(28)24-16(12)26)15-9-13(31-17(27)20(21,22)23)14(30-15)11-29-32(19(2,3)4)7-5-6-8-32/h10,13-15H,5-9,11H2,1-4H3,(H,24,26,28)/t13?,14-,15-/m0/s1. The molecule has 0 saturated carbocycles. The number of ether oxygens (including phenoxy) is 2. The summed E-state index contributed by atoms with van der Waals surface area (Å²) in [6, 6.07) is 1.89. The minimum atomic E-state index is -5.15. The fourth-order valence-corrected chi connectivity index (χ4v) is 9.05. The molecule has 1 aromatic rings. The zero-order valence-electron chi connectivity index (χ0n) is 18.6. The number of alkyl halides is 3. The lowest BCUT2D eigenvalue weighted by Crippen LogP contribution is -2.47. The first kappa shape index (κ1) is 24.7. The number of aryl methyl sites for hydroxylation is 1. The van der Waals surface area contributed by atoms with Gasteiger partial charge in [0.1, 0.15) is 18.4 Å². The number of H-pyrrole nitrogens is 1. The number of carbonyl (C=O) groups excluding carboxylic acids is 1. The molecule has 8 nitrogen and oxygen atoms in total. The summed E-state index contributed by atoms with van der Waals surface area (Å²) in [5, 5.41) is -0.0768. The Morgan fingerprint density at radius 2 is 1.88 bits per heavy atom. The van der Waals surface area contributed by atoms with Crippen molar-refractivity contribution in [3.63, 3.8) is 0 Å². The molecule has 3 atom stereocenters. The molecule has 0 amide bonds. The molecule has 1 unspecified atom stereocenters. The maximum absolute atomic E-state index is 12.8. The molecule has 1 N–H and O–H groups in total. The number of hydrogen-bond donors (Lipinski definition) is 1. The summed E-state index contributed by atoms with van der Waals surface area (Å²) in [6.45, 7) is 7.77. The summed E-state index contributed by atoms with van der Waals surface area (Å²) in [4.78, 5) is 37.5. The lowest BCUT2D eigenvalue weighted by Gasteiger charge is -2.40. The molecule has 3 rings (SSSR count). The smallest absolute Gasteiger partial charge is 0.453 e. The van der Waals surface area contributed by atoms with Gasteiger partial charge in [0.25, 0.3) is 5.56 Å². The molecule has 0 spiro atoms. The first-order chi connectivity index (χ1) is 14.7. The van der Waals surface area contributed by atoms with Crippen molar-refractivity contribution < 1.29 is 31.9 Å². The third-order valence-electron chi connectivity index (χ3n) is 6.43. The minimum Gasteiger partial charge on any atom is -0.453 e. The van der Waals surface area contributed by atoms with Crippen molar-refractivity contribution in [2.75, 3.05) is 6.61 Å². The van der Waals surface area contributed by atoms with E-state index < -0.39 is 50.1 Å². The maximum Gasteiger partial charge on any atom is 0.490 e. The zero-order chi connectivity index (χ0) is 23.9. The second kappa shape index (κ2) is 8.79. The van der Waals surface area contributed by atoms with Crippen molar-refractivity contribution in [3.05, 3.63) is 32.6 Å². The fourth-order valence-electron chi connectivity index (χ4n) is 4.45. The quantitative estimate of drug-likeness (QED) is 0.516. The SMILES string of the molecule is Cc1cn([C@@H]2CC(OC(=O)C(F)(F)F)[C@H](CO[Si]3(C(C)(C)C)CCCC3)O2)c(=O)[nH]c1=O. The number of aromatic amines is 1. The van der Waals surface area contributed by atoms with Crippen LogP contribution in [0.1, 0.15) is 51.8 Å². The molecule has 2 aliphatic rings. The van der Waals surface area contributed by atoms with Crippen LogP contribution in [0.2, 0.25) is 17.1 Å². The van der Waals surface area contributed by atoms with E-state index in [1.165, 1.54) is 13.1 Å². The van der Waals surface area contributed by atoms with Crippen LogP contribution < -0.4 is 11.2 Å². The number of hydrogen-bond acceptors (Lipinski definition) is 6. The van der Waals surface area contributed by atoms with Gasteiger partial charge in [-0.15, -0.1) is 0 Å². The van der Waals surface area contributed by atoms with Crippen LogP contribution in [-0.2, 0) is 18.7 Å². The lowest BCUT2D eigenvalue weighted by molar-refractivity contribution is -0.207. The van der Waals surface area contributed by atoms with Gasteiger partial charge in [-0.05, 0) is 24.1 Å². The Labute approximate surface area is 184 Å². The van der Waals surface area contributed by atoms with Crippen molar-refractivity contribution in [2.24, 2.45) is 0 Å². The number of aromatic nitrogens is 2. The number of carbonyl (C=O) groups is 1. The Balaban J connectivity index is 1.84. The van der Waals surface area contributed by atoms with Crippen LogP contribution in [0.5, 0.6) is 0 Å². The highest BCUT2D eigenvalue weighted by Crippen LogP contribution is 2.48. The molecule has 0 bridgehead atoms. The van der Waals surface area contributed by atoms with Gasteiger partial charge in [0.05, 0.1) is 6.61 Å². The molecule has 3 heterocycles. The summed E-state index contributed by atoms with van der Waals surface area (Å²) >= 11 is 0. The topological polar surface area (TPSA) is 99.6 Å². The molecule has 12 heteroatoms. The van der Waals surface area contributed by atoms with Crippen LogP contribution in [0, 0.1) is 6.92 Å². The monoisotopic (exact) mass is 478 g/mol. The third-order valence-corrected chi connectivity index (χ3v) is 12.2. The highest BCUT2D eigenvalue weighted by molar-refractivity contribution is 6.77. The first-order valence-corrected chi connectivity index (χ1v) is 12.9. The lowest BCUT2D eigenvalue weighted by atomic mass is 10.2. The molecule has 2 saturated heterocycles. The second-order valence-electron chi connectivity index (χ2n) is 9.55. The average molecular weight is 479 g/mol. The van der Waals surface area contributed by atoms with Gasteiger partial charge in [-0.3, -0.25) is 14.3 Å². The molecule has 180 valence electrons. The first-order valence-electron chi connectivity index (χ1n) is 10.6. The van der Waals surface area contributed by atoms with E-state index in [0.717, 1.165) is 29.5 Å². The van der Waals surface area contributed by atoms with E-state index in [9.17, 15) is 27.6 Å². The third kappa shape index (κ3) is 5.01. The molecular weight excluding hydrogens is 449 g/mol. The highest BCUT2D eigenvalue weighted by Gasteiger charge is 2.51. The predicted molar refractivity (Wildman–Crippen MR) is 111 cm³/mol. The van der Waals surface area contributed by atoms with Gasteiger partial charge >= 0.3 is 17.8 Å². The maximum atomic E-state index is 12.8. The summed E-state index contributed by atoms with van der Waals surface area (Å²) < 4.78 is 56.5. The summed E-state index contributed by atoms with van der Waals surface area (Å²) in [5.74, 6) is -2.31. The van der Waals surface area contributed by atoms with Gasteiger partial charge in [0.2, 0.25) is 0 Å². The van der Waals surface area contributed by atoms with Crippen molar-refractivity contribution >= 4 is 14.3 Å². The van der Waals surface area contributed by atoms with Crippen LogP contribution in [0.4, 0.5) is 13.2 Å². The van der Waals surface area contributed by atoms with Crippen molar-refractivity contribution in [1.82, 2.24) is 9.55 Å². The van der Waals surface area contributed by atoms with E-state index in [2.05, 4.69) is 25.8 Å². The molecule has 2 aliphatic heterocycles. The molecule has 1 aromatic heterocycles. The Bertz CT molecular complexity index is 962. The van der Waals surface area contributed by atoms with E-state index in [4.69, 9.17) is 13.9 Å². The van der Waals surface area contributed by atoms with Crippen molar-refractivity contribution in [3.8, 4) is 0 Å². The average Bonchev–Trinajstić information content (AvgIpc) is 3.30. The molecule has 2 fully saturated rings. The highest BCUT2D eigenvalue weighted by atomic mass is 28.4. The number of nitrogens with one attached hydrogen (secondary N) is 1. The van der Waals surface area contributed by atoms with E-state index in [1.807, 2.05) is 0 Å². The van der Waals surface area contributed by atoms with E-state index in [1.54, 1.807) is 0 Å². The summed E-state index contributed by atoms with van der Waals surface area (Å²) in [5.41, 5.74) is -1.09. The van der Waals surface area contributed by atoms with Gasteiger partial charge in [-0.25, -0.2) is 9.59 Å². The predicted octanol–water partition coefficient (Wildman–Crippen LogP) is 3.16. The Morgan fingerprint density at radius 1 is 1.25 bits per heavy atom. The van der Waals surface area contributed by atoms with Crippen molar-refractivity contribution in [1.29, 1.82) is 0 Å². The van der Waals surface area contributed by atoms with Gasteiger partial charge < -0.3 is 13.9 Å². The largest absolute Gasteiger partial charge is 0.490 e. The minimum absolute atomic E-state index is 0.0348. The summed E-state index contributed by atoms with van der Waals surface area (Å²) in [7, 11) is -2.19. The Hall–Kier alpha value is -1.92. The normalized spacial score (nSPS) is 25.8. The molecular formula is C20H29F3N2O6Si. The summed E-state index contributed by atoms with van der Waals surface area (Å²) in [6.07, 6.45) is -5.20. The molecule has 0 aliphatic carbocycles. The molecule has 0 radical (unpaired) electrons. The van der Waals surface area contributed by atoms with Crippen LogP contribution in [0.15, 0.2) is 15.8 Å². The number of rotatable bonds is 5. The number of halogens is 3. The van der Waals surface area contributed by atoms with E-state index in [0.29, 0.717) is 0 Å². The van der Waals surface area contributed by atoms with Crippen LogP contribution in [0.25, 0.3) is 0 Å². The number of nitrogens with zero attached hydrogens (tertiary/aromatic N) is 1. The fraction of sp³-hybridized carbons (Fsp3) is 0.750. The van der Waals surface area contributed by atoms with Crippen LogP contribution >= 0.6 is 0 Å². The molecule has 0 aromatic carbocycles. The van der Waals surface area contributed by atoms with Crippen LogP contribution in [-0.4, -0.2) is 48.8 Å². The second-order valence-corrected chi connectivity index (χ2v) is 14.3. The zero-order valence-corrected chi connectivity index (χ0v) is 19.6. The van der Waals surface area contributed by atoms with Crippen molar-refractivity contribution in [2.45, 2.75) is 88.7 Å². The van der Waals surface area contributed by atoms with Gasteiger partial charge in [-0.1, -0.05) is 33.6 Å². The van der Waals surface area contributed by atoms with E-state index >= 15 is 0 Å². The molecule has 32 heavy (non-hydrogen) atoms. The van der Waals surface area contributed by atoms with E-state index in [-0.39, 0.29) is 23.6 Å². The van der Waals surface area contributed by atoms with Gasteiger partial charge in [-0.2, -0.15) is 13.2 Å². The Kier molecular flexibility index (Phi) is 6.79. The van der Waals surface area contributed by atoms with Gasteiger partial charge in [0.15, 0.2) is 8.32 Å². The van der Waals surface area contributed by atoms with Gasteiger partial charge in [0, 0.05) is 18.2 Å². The van der Waals surface area contributed by atoms with Crippen LogP contribution in [0.3, 0.4) is 0 Å².